The van der Waals surface area contributed by atoms with Crippen LogP contribution in [-0.4, -0.2) is 37.0 Å². The van der Waals surface area contributed by atoms with Crippen LogP contribution < -0.4 is 4.72 Å². The lowest BCUT2D eigenvalue weighted by atomic mass is 10.2. The smallest absolute Gasteiger partial charge is 0.335 e. The maximum absolute atomic E-state index is 12.3. The molecule has 0 saturated carbocycles. The molecular weight excluding hydrogens is 322 g/mol. The lowest BCUT2D eigenvalue weighted by molar-refractivity contribution is 0.0696. The highest BCUT2D eigenvalue weighted by Gasteiger charge is 2.25. The standard InChI is InChI=1S/C12H14ClNO4S2/c13-10-4-3-8(12(15)16)6-11(10)20(17,18)14-9-2-1-5-19-7-9/h3-4,6,9,14H,1-2,5,7H2,(H,15,16). The molecule has 0 aliphatic carbocycles. The molecule has 20 heavy (non-hydrogen) atoms. The van der Waals surface area contributed by atoms with Crippen LogP contribution >= 0.6 is 23.4 Å². The summed E-state index contributed by atoms with van der Waals surface area (Å²) in [5.74, 6) is 0.564. The van der Waals surface area contributed by atoms with Gasteiger partial charge >= 0.3 is 5.97 Å². The minimum absolute atomic E-state index is 0.0194. The van der Waals surface area contributed by atoms with E-state index in [-0.39, 0.29) is 21.5 Å². The summed E-state index contributed by atoms with van der Waals surface area (Å²) in [7, 11) is -3.81. The number of hydrogen-bond donors (Lipinski definition) is 2. The Labute approximate surface area is 126 Å². The zero-order valence-electron chi connectivity index (χ0n) is 10.5. The number of hydrogen-bond acceptors (Lipinski definition) is 4. The molecule has 0 bridgehead atoms. The minimum Gasteiger partial charge on any atom is -0.478 e. The molecule has 8 heteroatoms. The number of aromatic carboxylic acids is 1. The van der Waals surface area contributed by atoms with E-state index in [0.717, 1.165) is 30.4 Å². The largest absolute Gasteiger partial charge is 0.478 e. The number of thioether (sulfide) groups is 1. The van der Waals surface area contributed by atoms with Crippen molar-refractivity contribution >= 4 is 39.4 Å². The van der Waals surface area contributed by atoms with Gasteiger partial charge in [0.1, 0.15) is 4.90 Å². The Morgan fingerprint density at radius 1 is 1.45 bits per heavy atom. The molecule has 0 amide bonds. The monoisotopic (exact) mass is 335 g/mol. The van der Waals surface area contributed by atoms with Crippen molar-refractivity contribution in [1.29, 1.82) is 0 Å². The van der Waals surface area contributed by atoms with E-state index in [1.54, 1.807) is 11.8 Å². The Morgan fingerprint density at radius 3 is 2.80 bits per heavy atom. The number of benzene rings is 1. The van der Waals surface area contributed by atoms with Crippen LogP contribution in [0.25, 0.3) is 0 Å². The molecule has 2 rings (SSSR count). The second-order valence-corrected chi connectivity index (χ2v) is 7.73. The highest BCUT2D eigenvalue weighted by Crippen LogP contribution is 2.25. The van der Waals surface area contributed by atoms with Crippen molar-refractivity contribution in [2.24, 2.45) is 0 Å². The molecule has 0 spiro atoms. The van der Waals surface area contributed by atoms with Crippen LogP contribution in [0.15, 0.2) is 23.1 Å². The fourth-order valence-electron chi connectivity index (χ4n) is 1.96. The van der Waals surface area contributed by atoms with Crippen LogP contribution in [0, 0.1) is 0 Å². The third kappa shape index (κ3) is 3.66. The molecule has 5 nitrogen and oxygen atoms in total. The van der Waals surface area contributed by atoms with Crippen molar-refractivity contribution in [3.05, 3.63) is 28.8 Å². The first-order valence-electron chi connectivity index (χ1n) is 6.03. The van der Waals surface area contributed by atoms with Gasteiger partial charge in [-0.25, -0.2) is 17.9 Å². The van der Waals surface area contributed by atoms with Gasteiger partial charge in [0.05, 0.1) is 10.6 Å². The van der Waals surface area contributed by atoms with E-state index in [1.807, 2.05) is 0 Å². The van der Waals surface area contributed by atoms with Gasteiger partial charge in [0.15, 0.2) is 0 Å². The van der Waals surface area contributed by atoms with Gasteiger partial charge in [0.2, 0.25) is 10.0 Å². The third-order valence-corrected chi connectivity index (χ3v) is 6.17. The molecule has 110 valence electrons. The molecule has 0 radical (unpaired) electrons. The quantitative estimate of drug-likeness (QED) is 0.881. The molecule has 1 unspecified atom stereocenters. The van der Waals surface area contributed by atoms with Gasteiger partial charge in [-0.1, -0.05) is 11.6 Å². The van der Waals surface area contributed by atoms with E-state index < -0.39 is 16.0 Å². The lowest BCUT2D eigenvalue weighted by Crippen LogP contribution is -2.38. The molecule has 1 aliphatic heterocycles. The van der Waals surface area contributed by atoms with Gasteiger partial charge in [-0.2, -0.15) is 11.8 Å². The second-order valence-electron chi connectivity index (χ2n) is 4.49. The van der Waals surface area contributed by atoms with Crippen molar-refractivity contribution in [2.75, 3.05) is 11.5 Å². The summed E-state index contributed by atoms with van der Waals surface area (Å²) in [6.45, 7) is 0. The zero-order chi connectivity index (χ0) is 14.8. The summed E-state index contributed by atoms with van der Waals surface area (Å²) in [5.41, 5.74) is -0.104. The van der Waals surface area contributed by atoms with Gasteiger partial charge < -0.3 is 5.11 Å². The Hall–Kier alpha value is -0.760. The molecule has 1 saturated heterocycles. The first kappa shape index (κ1) is 15.6. The van der Waals surface area contributed by atoms with Crippen LogP contribution in [0.1, 0.15) is 23.2 Å². The van der Waals surface area contributed by atoms with Crippen LogP contribution in [0.4, 0.5) is 0 Å². The Bertz CT molecular complexity index is 612. The fraction of sp³-hybridized carbons (Fsp3) is 0.417. The molecule has 0 aromatic heterocycles. The maximum Gasteiger partial charge on any atom is 0.335 e. The number of carbonyl (C=O) groups is 1. The van der Waals surface area contributed by atoms with E-state index in [0.29, 0.717) is 0 Å². The fourth-order valence-corrected chi connectivity index (χ4v) is 4.93. The van der Waals surface area contributed by atoms with Gasteiger partial charge in [0.25, 0.3) is 0 Å². The Kier molecular flexibility index (Phi) is 4.95. The van der Waals surface area contributed by atoms with E-state index in [4.69, 9.17) is 16.7 Å². The molecule has 1 atom stereocenters. The molecule has 1 fully saturated rings. The minimum atomic E-state index is -3.81. The number of halogens is 1. The SMILES string of the molecule is O=C(O)c1ccc(Cl)c(S(=O)(=O)NC2CCCSC2)c1. The summed E-state index contributed by atoms with van der Waals surface area (Å²) in [4.78, 5) is 10.7. The topological polar surface area (TPSA) is 83.5 Å². The number of rotatable bonds is 4. The summed E-state index contributed by atoms with van der Waals surface area (Å²) in [6.07, 6.45) is 1.74. The normalized spacial score (nSPS) is 19.8. The van der Waals surface area contributed by atoms with Crippen molar-refractivity contribution in [1.82, 2.24) is 4.72 Å². The van der Waals surface area contributed by atoms with Crippen molar-refractivity contribution < 1.29 is 18.3 Å². The maximum atomic E-state index is 12.3. The summed E-state index contributed by atoms with van der Waals surface area (Å²) >= 11 is 7.58. The highest BCUT2D eigenvalue weighted by atomic mass is 35.5. The van der Waals surface area contributed by atoms with Crippen LogP contribution in [0.3, 0.4) is 0 Å². The van der Waals surface area contributed by atoms with E-state index in [1.165, 1.54) is 12.1 Å². The van der Waals surface area contributed by atoms with Crippen LogP contribution in [0.5, 0.6) is 0 Å². The Morgan fingerprint density at radius 2 is 2.20 bits per heavy atom. The van der Waals surface area contributed by atoms with Gasteiger partial charge in [-0.05, 0) is 36.8 Å². The molecule has 1 heterocycles. The molecule has 1 aliphatic rings. The average molecular weight is 336 g/mol. The molecular formula is C12H14ClNO4S2. The van der Waals surface area contributed by atoms with Crippen molar-refractivity contribution in [2.45, 2.75) is 23.8 Å². The van der Waals surface area contributed by atoms with Gasteiger partial charge in [-0.15, -0.1) is 0 Å². The van der Waals surface area contributed by atoms with Crippen LogP contribution in [0.2, 0.25) is 5.02 Å². The van der Waals surface area contributed by atoms with E-state index >= 15 is 0 Å². The second kappa shape index (κ2) is 6.34. The third-order valence-electron chi connectivity index (χ3n) is 2.95. The van der Waals surface area contributed by atoms with Crippen molar-refractivity contribution in [3.8, 4) is 0 Å². The summed E-state index contributed by atoms with van der Waals surface area (Å²) in [6, 6.07) is 3.52. The molecule has 2 N–H and O–H groups in total. The van der Waals surface area contributed by atoms with Crippen molar-refractivity contribution in [3.63, 3.8) is 0 Å². The Balaban J connectivity index is 2.28. The van der Waals surface area contributed by atoms with E-state index in [2.05, 4.69) is 4.72 Å². The first-order chi connectivity index (χ1) is 9.40. The summed E-state index contributed by atoms with van der Waals surface area (Å²) < 4.78 is 27.2. The first-order valence-corrected chi connectivity index (χ1v) is 9.04. The summed E-state index contributed by atoms with van der Waals surface area (Å²) in [5, 5.41) is 8.95. The number of sulfonamides is 1. The molecule has 1 aromatic rings. The number of carboxylic acids is 1. The lowest BCUT2D eigenvalue weighted by Gasteiger charge is -2.22. The number of carboxylic acid groups (broad SMARTS) is 1. The predicted molar refractivity (Wildman–Crippen MR) is 79.1 cm³/mol. The van der Waals surface area contributed by atoms with Gasteiger partial charge in [-0.3, -0.25) is 0 Å². The zero-order valence-corrected chi connectivity index (χ0v) is 12.9. The van der Waals surface area contributed by atoms with E-state index in [9.17, 15) is 13.2 Å². The average Bonchev–Trinajstić information content (AvgIpc) is 2.39. The highest BCUT2D eigenvalue weighted by molar-refractivity contribution is 7.99. The van der Waals surface area contributed by atoms with Crippen LogP contribution in [-0.2, 0) is 10.0 Å². The predicted octanol–water partition coefficient (Wildman–Crippen LogP) is 2.21. The molecule has 1 aromatic carbocycles. The van der Waals surface area contributed by atoms with Gasteiger partial charge in [0, 0.05) is 11.8 Å². The number of nitrogens with one attached hydrogen (secondary N) is 1.